The summed E-state index contributed by atoms with van der Waals surface area (Å²) in [6, 6.07) is 14.9. The Morgan fingerprint density at radius 2 is 1.72 bits per heavy atom. The van der Waals surface area contributed by atoms with Crippen LogP contribution in [0.1, 0.15) is 16.8 Å². The normalized spacial score (nSPS) is 11.1. The zero-order valence-corrected chi connectivity index (χ0v) is 16.7. The first kappa shape index (κ1) is 22.7. The molecule has 0 fully saturated rings. The number of nitrogens with one attached hydrogen (secondary N) is 1. The number of urea groups is 1. The Bertz CT molecular complexity index is 1060. The molecule has 10 heteroatoms. The Morgan fingerprint density at radius 1 is 1.03 bits per heavy atom. The summed E-state index contributed by atoms with van der Waals surface area (Å²) in [6.45, 7) is 0.334. The van der Waals surface area contributed by atoms with Crippen molar-refractivity contribution in [1.29, 1.82) is 0 Å². The molecule has 3 rings (SSSR count). The van der Waals surface area contributed by atoms with E-state index in [4.69, 9.17) is 0 Å². The van der Waals surface area contributed by atoms with Crippen LogP contribution < -0.4 is 5.32 Å². The third-order valence-corrected chi connectivity index (χ3v) is 4.64. The van der Waals surface area contributed by atoms with E-state index in [1.165, 1.54) is 41.3 Å². The molecule has 0 saturated heterocycles. The van der Waals surface area contributed by atoms with Crippen LogP contribution in [-0.2, 0) is 19.1 Å². The van der Waals surface area contributed by atoms with Crippen molar-refractivity contribution in [1.82, 2.24) is 9.88 Å². The summed E-state index contributed by atoms with van der Waals surface area (Å²) in [5.74, 6) is 0. The van der Waals surface area contributed by atoms with Gasteiger partial charge in [-0.15, -0.1) is 0 Å². The SMILES string of the molecule is O=C(Nc1ccc([N+](=O)[O-])cc1)N(CCc1ccccn1)Cc1ccc(C(F)(F)F)cc1. The molecule has 0 aliphatic heterocycles. The smallest absolute Gasteiger partial charge is 0.320 e. The second-order valence-electron chi connectivity index (χ2n) is 6.92. The fourth-order valence-corrected chi connectivity index (χ4v) is 2.94. The van der Waals surface area contributed by atoms with Crippen LogP contribution in [0.5, 0.6) is 0 Å². The van der Waals surface area contributed by atoms with Crippen LogP contribution in [0.25, 0.3) is 0 Å². The highest BCUT2D eigenvalue weighted by atomic mass is 19.4. The number of pyridine rings is 1. The lowest BCUT2D eigenvalue weighted by Gasteiger charge is -2.23. The van der Waals surface area contributed by atoms with Gasteiger partial charge >= 0.3 is 12.2 Å². The minimum absolute atomic E-state index is 0.0732. The van der Waals surface area contributed by atoms with Gasteiger partial charge in [-0.1, -0.05) is 18.2 Å². The molecule has 0 radical (unpaired) electrons. The van der Waals surface area contributed by atoms with E-state index in [0.29, 0.717) is 17.7 Å². The second-order valence-corrected chi connectivity index (χ2v) is 6.92. The van der Waals surface area contributed by atoms with Crippen molar-refractivity contribution < 1.29 is 22.9 Å². The first-order valence-electron chi connectivity index (χ1n) is 9.59. The molecule has 1 N–H and O–H groups in total. The number of amides is 2. The number of carbonyl (C=O) groups excluding carboxylic acids is 1. The van der Waals surface area contributed by atoms with E-state index in [9.17, 15) is 28.1 Å². The maximum absolute atomic E-state index is 12.9. The average Bonchev–Trinajstić information content (AvgIpc) is 2.77. The van der Waals surface area contributed by atoms with E-state index in [1.54, 1.807) is 12.3 Å². The van der Waals surface area contributed by atoms with Crippen molar-refractivity contribution in [3.8, 4) is 0 Å². The number of benzene rings is 2. The first-order chi connectivity index (χ1) is 15.2. The number of anilines is 1. The molecule has 0 saturated carbocycles. The zero-order valence-electron chi connectivity index (χ0n) is 16.7. The van der Waals surface area contributed by atoms with Gasteiger partial charge < -0.3 is 10.2 Å². The lowest BCUT2D eigenvalue weighted by Crippen LogP contribution is -2.36. The van der Waals surface area contributed by atoms with Crippen molar-refractivity contribution in [2.45, 2.75) is 19.1 Å². The van der Waals surface area contributed by atoms with Crippen molar-refractivity contribution in [2.75, 3.05) is 11.9 Å². The number of hydrogen-bond acceptors (Lipinski definition) is 4. The van der Waals surface area contributed by atoms with Crippen LogP contribution in [0.2, 0.25) is 0 Å². The van der Waals surface area contributed by atoms with E-state index >= 15 is 0 Å². The summed E-state index contributed by atoms with van der Waals surface area (Å²) in [7, 11) is 0. The Kier molecular flexibility index (Phi) is 7.04. The maximum Gasteiger partial charge on any atom is 0.416 e. The van der Waals surface area contributed by atoms with Gasteiger partial charge in [-0.2, -0.15) is 13.2 Å². The molecule has 0 atom stereocenters. The fraction of sp³-hybridized carbons (Fsp3) is 0.182. The number of rotatable bonds is 7. The molecule has 2 amide bonds. The number of non-ortho nitro benzene ring substituents is 1. The topological polar surface area (TPSA) is 88.4 Å². The van der Waals surface area contributed by atoms with Crippen LogP contribution in [0.4, 0.5) is 29.3 Å². The monoisotopic (exact) mass is 444 g/mol. The highest BCUT2D eigenvalue weighted by Gasteiger charge is 2.30. The summed E-state index contributed by atoms with van der Waals surface area (Å²) in [4.78, 5) is 28.8. The quantitative estimate of drug-likeness (QED) is 0.396. The number of hydrogen-bond donors (Lipinski definition) is 1. The van der Waals surface area contributed by atoms with Gasteiger partial charge in [-0.3, -0.25) is 15.1 Å². The molecule has 1 heterocycles. The van der Waals surface area contributed by atoms with Crippen molar-refractivity contribution in [2.24, 2.45) is 0 Å². The number of nitro benzene ring substituents is 1. The molecule has 0 aliphatic carbocycles. The standard InChI is InChI=1S/C22H19F3N4O3/c23-22(24,25)17-6-4-16(5-7-17)15-28(14-12-18-3-1-2-13-26-18)21(30)27-19-8-10-20(11-9-19)29(31)32/h1-11,13H,12,14-15H2,(H,27,30). The predicted molar refractivity (Wildman–Crippen MR) is 112 cm³/mol. The van der Waals surface area contributed by atoms with Gasteiger partial charge in [0.05, 0.1) is 10.5 Å². The minimum atomic E-state index is -4.44. The lowest BCUT2D eigenvalue weighted by molar-refractivity contribution is -0.384. The minimum Gasteiger partial charge on any atom is -0.320 e. The number of alkyl halides is 3. The van der Waals surface area contributed by atoms with Crippen molar-refractivity contribution in [3.05, 3.63) is 99.9 Å². The van der Waals surface area contributed by atoms with Gasteiger partial charge in [-0.25, -0.2) is 4.79 Å². The molecule has 0 bridgehead atoms. The largest absolute Gasteiger partial charge is 0.416 e. The highest BCUT2D eigenvalue weighted by molar-refractivity contribution is 5.89. The molecular formula is C22H19F3N4O3. The van der Waals surface area contributed by atoms with E-state index in [0.717, 1.165) is 17.8 Å². The molecule has 0 aliphatic rings. The van der Waals surface area contributed by atoms with E-state index in [-0.39, 0.29) is 18.8 Å². The second kappa shape index (κ2) is 9.90. The third-order valence-electron chi connectivity index (χ3n) is 4.64. The molecule has 1 aromatic heterocycles. The molecule has 2 aromatic carbocycles. The first-order valence-corrected chi connectivity index (χ1v) is 9.59. The molecule has 3 aromatic rings. The van der Waals surface area contributed by atoms with Crippen LogP contribution in [0.15, 0.2) is 72.9 Å². The number of nitro groups is 1. The van der Waals surface area contributed by atoms with Crippen LogP contribution >= 0.6 is 0 Å². The van der Waals surface area contributed by atoms with Gasteiger partial charge in [0.25, 0.3) is 5.69 Å². The maximum atomic E-state index is 12.9. The Balaban J connectivity index is 1.74. The summed E-state index contributed by atoms with van der Waals surface area (Å²) < 4.78 is 38.4. The number of halogens is 3. The van der Waals surface area contributed by atoms with E-state index in [2.05, 4.69) is 10.3 Å². The Morgan fingerprint density at radius 3 is 2.28 bits per heavy atom. The van der Waals surface area contributed by atoms with Gasteiger partial charge in [-0.05, 0) is 42.0 Å². The molecule has 7 nitrogen and oxygen atoms in total. The Hall–Kier alpha value is -3.95. The lowest BCUT2D eigenvalue weighted by atomic mass is 10.1. The third kappa shape index (κ3) is 6.27. The molecule has 0 unspecified atom stereocenters. The van der Waals surface area contributed by atoms with Crippen molar-refractivity contribution >= 4 is 17.4 Å². The predicted octanol–water partition coefficient (Wildman–Crippen LogP) is 5.29. The van der Waals surface area contributed by atoms with Crippen LogP contribution in [-0.4, -0.2) is 27.4 Å². The Labute approximate surface area is 181 Å². The molecule has 0 spiro atoms. The van der Waals surface area contributed by atoms with E-state index in [1.807, 2.05) is 12.1 Å². The number of nitrogens with zero attached hydrogens (tertiary/aromatic N) is 3. The summed E-state index contributed by atoms with van der Waals surface area (Å²) in [6.07, 6.45) is -2.37. The molecule has 32 heavy (non-hydrogen) atoms. The van der Waals surface area contributed by atoms with Crippen molar-refractivity contribution in [3.63, 3.8) is 0 Å². The van der Waals surface area contributed by atoms with Gasteiger partial charge in [0, 0.05) is 49.2 Å². The fourth-order valence-electron chi connectivity index (χ4n) is 2.94. The summed E-state index contributed by atoms with van der Waals surface area (Å²) >= 11 is 0. The summed E-state index contributed by atoms with van der Waals surface area (Å²) in [5.41, 5.74) is 0.762. The van der Waals surface area contributed by atoms with Gasteiger partial charge in [0.15, 0.2) is 0 Å². The molecule has 166 valence electrons. The van der Waals surface area contributed by atoms with Gasteiger partial charge in [0.1, 0.15) is 0 Å². The van der Waals surface area contributed by atoms with Crippen LogP contribution in [0, 0.1) is 10.1 Å². The molecular weight excluding hydrogens is 425 g/mol. The van der Waals surface area contributed by atoms with E-state index < -0.39 is 22.7 Å². The van der Waals surface area contributed by atoms with Gasteiger partial charge in [0.2, 0.25) is 0 Å². The number of aromatic nitrogens is 1. The highest BCUT2D eigenvalue weighted by Crippen LogP contribution is 2.29. The zero-order chi connectivity index (χ0) is 23.1. The van der Waals surface area contributed by atoms with Crippen LogP contribution in [0.3, 0.4) is 0 Å². The number of carbonyl (C=O) groups is 1. The summed E-state index contributed by atoms with van der Waals surface area (Å²) in [5, 5.41) is 13.4. The average molecular weight is 444 g/mol.